The predicted octanol–water partition coefficient (Wildman–Crippen LogP) is 18.2. The second-order valence-corrected chi connectivity index (χ2v) is 17.0. The lowest BCUT2D eigenvalue weighted by atomic mass is 10.1. The molecule has 6 nitrogen and oxygen atoms in total. The number of allylic oxidation sites excluding steroid dienone is 26. The molecule has 0 aromatic carbocycles. The SMILES string of the molecule is CC/C=C\C/C=C\C/C=C\C/C=C\C/C=C\C/C=C\CCC(=O)OC[C@H](COC(=O)CCCCCCC/C=C\C/C=C\CCCCC)OC(=O)CCC/C=C\C/C=C\C/C=C\C/C=C\C/C=C\CC. The first kappa shape index (κ1) is 64.0. The van der Waals surface area contributed by atoms with Crippen molar-refractivity contribution in [3.8, 4) is 0 Å². The smallest absolute Gasteiger partial charge is 0.306 e. The van der Waals surface area contributed by atoms with Gasteiger partial charge in [-0.1, -0.05) is 211 Å². The lowest BCUT2D eigenvalue weighted by molar-refractivity contribution is -0.166. The number of hydrogen-bond acceptors (Lipinski definition) is 6. The molecule has 0 bridgehead atoms. The van der Waals surface area contributed by atoms with Crippen LogP contribution in [-0.2, 0) is 28.6 Å². The van der Waals surface area contributed by atoms with Crippen LogP contribution in [0.1, 0.15) is 201 Å². The van der Waals surface area contributed by atoms with Gasteiger partial charge in [0.15, 0.2) is 6.10 Å². The Morgan fingerprint density at radius 3 is 1.01 bits per heavy atom. The number of hydrogen-bond donors (Lipinski definition) is 0. The zero-order valence-electron chi connectivity index (χ0n) is 43.8. The Morgan fingerprint density at radius 1 is 0.304 bits per heavy atom. The van der Waals surface area contributed by atoms with E-state index in [0.29, 0.717) is 19.3 Å². The van der Waals surface area contributed by atoms with E-state index in [0.717, 1.165) is 122 Å². The summed E-state index contributed by atoms with van der Waals surface area (Å²) >= 11 is 0. The van der Waals surface area contributed by atoms with Crippen LogP contribution in [0.5, 0.6) is 0 Å². The van der Waals surface area contributed by atoms with Crippen LogP contribution in [0, 0.1) is 0 Å². The van der Waals surface area contributed by atoms with Gasteiger partial charge in [0.2, 0.25) is 0 Å². The van der Waals surface area contributed by atoms with E-state index in [-0.39, 0.29) is 38.0 Å². The minimum Gasteiger partial charge on any atom is -0.462 e. The molecule has 0 heterocycles. The molecule has 0 aliphatic carbocycles. The molecule has 1 atom stereocenters. The Morgan fingerprint density at radius 2 is 0.609 bits per heavy atom. The van der Waals surface area contributed by atoms with E-state index in [1.165, 1.54) is 25.7 Å². The van der Waals surface area contributed by atoms with E-state index in [1.54, 1.807) is 0 Å². The van der Waals surface area contributed by atoms with Crippen LogP contribution in [0.4, 0.5) is 0 Å². The third-order valence-electron chi connectivity index (χ3n) is 10.5. The lowest BCUT2D eigenvalue weighted by Crippen LogP contribution is -2.30. The second kappa shape index (κ2) is 55.6. The Balaban J connectivity index is 4.65. The first-order chi connectivity index (χ1) is 34.0. The van der Waals surface area contributed by atoms with Crippen molar-refractivity contribution in [2.24, 2.45) is 0 Å². The zero-order chi connectivity index (χ0) is 50.0. The van der Waals surface area contributed by atoms with Crippen LogP contribution < -0.4 is 0 Å². The highest BCUT2D eigenvalue weighted by atomic mass is 16.6. The molecule has 0 radical (unpaired) electrons. The average Bonchev–Trinajstić information content (AvgIpc) is 3.35. The highest BCUT2D eigenvalue weighted by Gasteiger charge is 2.19. The number of esters is 3. The average molecular weight is 949 g/mol. The van der Waals surface area contributed by atoms with Crippen LogP contribution >= 0.6 is 0 Å². The number of rotatable bonds is 46. The summed E-state index contributed by atoms with van der Waals surface area (Å²) in [4.78, 5) is 38.0. The fourth-order valence-electron chi connectivity index (χ4n) is 6.53. The van der Waals surface area contributed by atoms with Gasteiger partial charge >= 0.3 is 17.9 Å². The first-order valence-corrected chi connectivity index (χ1v) is 27.0. The van der Waals surface area contributed by atoms with E-state index in [2.05, 4.69) is 167 Å². The van der Waals surface area contributed by atoms with E-state index in [1.807, 2.05) is 12.2 Å². The van der Waals surface area contributed by atoms with E-state index in [4.69, 9.17) is 14.2 Å². The number of ether oxygens (including phenoxy) is 3. The van der Waals surface area contributed by atoms with Crippen molar-refractivity contribution in [2.75, 3.05) is 13.2 Å². The van der Waals surface area contributed by atoms with Crippen molar-refractivity contribution in [3.63, 3.8) is 0 Å². The maximum Gasteiger partial charge on any atom is 0.306 e. The quantitative estimate of drug-likeness (QED) is 0.0262. The molecular formula is C63H96O6. The number of carbonyl (C=O) groups excluding carboxylic acids is 3. The summed E-state index contributed by atoms with van der Waals surface area (Å²) in [5, 5.41) is 0. The van der Waals surface area contributed by atoms with E-state index < -0.39 is 12.1 Å². The molecule has 0 aromatic rings. The molecule has 0 N–H and O–H groups in total. The minimum absolute atomic E-state index is 0.139. The summed E-state index contributed by atoms with van der Waals surface area (Å²) in [5.41, 5.74) is 0. The van der Waals surface area contributed by atoms with Crippen molar-refractivity contribution in [2.45, 2.75) is 207 Å². The van der Waals surface area contributed by atoms with Crippen molar-refractivity contribution in [1.82, 2.24) is 0 Å². The molecule has 0 aliphatic heterocycles. The maximum absolute atomic E-state index is 12.8. The predicted molar refractivity (Wildman–Crippen MR) is 297 cm³/mol. The number of unbranched alkanes of at least 4 members (excludes halogenated alkanes) is 9. The summed E-state index contributed by atoms with van der Waals surface area (Å²) in [6.45, 7) is 6.23. The third kappa shape index (κ3) is 53.8. The Bertz CT molecular complexity index is 1610. The van der Waals surface area contributed by atoms with Gasteiger partial charge in [-0.3, -0.25) is 14.4 Å². The number of carbonyl (C=O) groups is 3. The molecule has 0 unspecified atom stereocenters. The van der Waals surface area contributed by atoms with Gasteiger partial charge in [0.1, 0.15) is 13.2 Å². The Hall–Kier alpha value is -4.97. The van der Waals surface area contributed by atoms with Gasteiger partial charge in [-0.25, -0.2) is 0 Å². The topological polar surface area (TPSA) is 78.9 Å². The van der Waals surface area contributed by atoms with Gasteiger partial charge in [0.25, 0.3) is 0 Å². The molecule has 0 saturated carbocycles. The van der Waals surface area contributed by atoms with E-state index in [9.17, 15) is 14.4 Å². The van der Waals surface area contributed by atoms with Gasteiger partial charge in [-0.05, 0) is 128 Å². The Kier molecular flexibility index (Phi) is 51.6. The molecule has 0 amide bonds. The van der Waals surface area contributed by atoms with Crippen molar-refractivity contribution in [3.05, 3.63) is 158 Å². The minimum atomic E-state index is -0.852. The summed E-state index contributed by atoms with van der Waals surface area (Å²) in [7, 11) is 0. The van der Waals surface area contributed by atoms with Gasteiger partial charge in [0.05, 0.1) is 0 Å². The van der Waals surface area contributed by atoms with E-state index >= 15 is 0 Å². The normalized spacial score (nSPS) is 13.4. The molecule has 0 spiro atoms. The molecule has 0 aromatic heterocycles. The van der Waals surface area contributed by atoms with Gasteiger partial charge in [0, 0.05) is 19.3 Å². The first-order valence-electron chi connectivity index (χ1n) is 27.0. The summed E-state index contributed by atoms with van der Waals surface area (Å²) < 4.78 is 16.7. The lowest BCUT2D eigenvalue weighted by Gasteiger charge is -2.18. The fourth-order valence-corrected chi connectivity index (χ4v) is 6.53. The van der Waals surface area contributed by atoms with Crippen molar-refractivity contribution >= 4 is 17.9 Å². The monoisotopic (exact) mass is 949 g/mol. The molecule has 6 heteroatoms. The standard InChI is InChI=1S/C63H96O6/c1-4-7-10-13-16-19-22-25-28-30-31-33-35-38-41-44-47-50-53-56-62(65)68-59-60(58-67-61(64)55-52-49-46-43-40-37-34-27-24-21-18-15-12-9-6-3)69-63(66)57-54-51-48-45-42-39-36-32-29-26-23-20-17-14-11-8-5-2/h7-8,10-11,16-21,25-29,31,33-34,36,38-39,41,45,47-48,50,60H,4-6,9,12-15,22-24,30,32,35,37,40,42-44,46,49,51-59H2,1-3H3/b10-7-,11-8-,19-16-,20-17-,21-18-,28-25-,29-26-,33-31-,34-27-,39-36-,41-38-,48-45-,50-47-/t60-/m0/s1. The molecule has 0 aliphatic rings. The van der Waals surface area contributed by atoms with Crippen molar-refractivity contribution < 1.29 is 28.6 Å². The van der Waals surface area contributed by atoms with Crippen LogP contribution in [0.2, 0.25) is 0 Å². The largest absolute Gasteiger partial charge is 0.462 e. The maximum atomic E-state index is 12.8. The zero-order valence-corrected chi connectivity index (χ0v) is 43.8. The third-order valence-corrected chi connectivity index (χ3v) is 10.5. The summed E-state index contributed by atoms with van der Waals surface area (Å²) in [5.74, 6) is -1.11. The molecule has 0 saturated heterocycles. The van der Waals surface area contributed by atoms with Crippen LogP contribution in [0.15, 0.2) is 158 Å². The summed E-state index contributed by atoms with van der Waals surface area (Å²) in [6.07, 6.45) is 81.0. The molecule has 0 rings (SSSR count). The summed E-state index contributed by atoms with van der Waals surface area (Å²) in [6, 6.07) is 0. The molecule has 384 valence electrons. The fraction of sp³-hybridized carbons (Fsp3) is 0.540. The van der Waals surface area contributed by atoms with Crippen LogP contribution in [0.3, 0.4) is 0 Å². The molecule has 0 fully saturated rings. The van der Waals surface area contributed by atoms with Gasteiger partial charge < -0.3 is 14.2 Å². The molecular weight excluding hydrogens is 853 g/mol. The van der Waals surface area contributed by atoms with Crippen LogP contribution in [-0.4, -0.2) is 37.2 Å². The molecule has 69 heavy (non-hydrogen) atoms. The second-order valence-electron chi connectivity index (χ2n) is 17.0. The Labute approximate surface area is 422 Å². The van der Waals surface area contributed by atoms with Gasteiger partial charge in [-0.2, -0.15) is 0 Å². The van der Waals surface area contributed by atoms with Gasteiger partial charge in [-0.15, -0.1) is 0 Å². The highest BCUT2D eigenvalue weighted by Crippen LogP contribution is 2.11. The van der Waals surface area contributed by atoms with Crippen LogP contribution in [0.25, 0.3) is 0 Å². The van der Waals surface area contributed by atoms with Crippen molar-refractivity contribution in [1.29, 1.82) is 0 Å². The highest BCUT2D eigenvalue weighted by molar-refractivity contribution is 5.71.